The molecular weight excluding hydrogens is 438 g/mol. The van der Waals surface area contributed by atoms with Crippen LogP contribution in [0.5, 0.6) is 0 Å². The lowest BCUT2D eigenvalue weighted by atomic mass is 9.69. The summed E-state index contributed by atoms with van der Waals surface area (Å²) in [5.74, 6) is 1.06. The molecule has 0 amide bonds. The van der Waals surface area contributed by atoms with Crippen molar-refractivity contribution in [2.75, 3.05) is 11.1 Å². The summed E-state index contributed by atoms with van der Waals surface area (Å²) in [4.78, 5) is 33.8. The highest BCUT2D eigenvalue weighted by atomic mass is 79.9. The van der Waals surface area contributed by atoms with Crippen LogP contribution in [0, 0.1) is 5.41 Å². The Kier molecular flexibility index (Phi) is 5.00. The number of H-pyrrole nitrogens is 1. The van der Waals surface area contributed by atoms with Crippen molar-refractivity contribution in [2.24, 2.45) is 5.41 Å². The highest BCUT2D eigenvalue weighted by Crippen LogP contribution is 2.47. The molecule has 1 aliphatic heterocycles. The van der Waals surface area contributed by atoms with E-state index in [0.29, 0.717) is 28.5 Å². The molecule has 7 heteroatoms. The predicted molar refractivity (Wildman–Crippen MR) is 116 cm³/mol. The zero-order valence-corrected chi connectivity index (χ0v) is 18.5. The third-order valence-corrected chi connectivity index (χ3v) is 6.41. The zero-order valence-electron chi connectivity index (χ0n) is 16.1. The standard InChI is InChI=1S/C21H22BrN3O2S/c1-4-28-20-24-18-17(19(27)25-20)15(11-6-5-7-12(22)8-11)16-13(23-18)9-21(2,3)10-14(16)26/h5-8,15H,4,9-10H2,1-3H3,(H2,23,24,25,27)/t15-/m1/s1. The van der Waals surface area contributed by atoms with Gasteiger partial charge in [-0.25, -0.2) is 4.98 Å². The molecule has 1 aromatic heterocycles. The Balaban J connectivity index is 1.96. The van der Waals surface area contributed by atoms with Gasteiger partial charge in [-0.05, 0) is 35.3 Å². The molecule has 28 heavy (non-hydrogen) atoms. The van der Waals surface area contributed by atoms with E-state index in [2.05, 4.69) is 45.1 Å². The molecule has 0 fully saturated rings. The number of benzene rings is 1. The Morgan fingerprint density at radius 3 is 2.79 bits per heavy atom. The lowest BCUT2D eigenvalue weighted by molar-refractivity contribution is -0.118. The average Bonchev–Trinajstić information content (AvgIpc) is 2.59. The summed E-state index contributed by atoms with van der Waals surface area (Å²) in [5, 5.41) is 3.94. The molecule has 1 aliphatic carbocycles. The molecule has 2 N–H and O–H groups in total. The number of aromatic amines is 1. The first kappa shape index (κ1) is 19.5. The van der Waals surface area contributed by atoms with E-state index in [-0.39, 0.29) is 16.8 Å². The van der Waals surface area contributed by atoms with Gasteiger partial charge in [0.15, 0.2) is 10.9 Å². The van der Waals surface area contributed by atoms with E-state index < -0.39 is 5.92 Å². The Morgan fingerprint density at radius 2 is 2.07 bits per heavy atom. The molecule has 2 aliphatic rings. The van der Waals surface area contributed by atoms with Gasteiger partial charge in [0.25, 0.3) is 5.56 Å². The summed E-state index contributed by atoms with van der Waals surface area (Å²) in [6, 6.07) is 7.82. The van der Waals surface area contributed by atoms with Crippen LogP contribution in [0.3, 0.4) is 0 Å². The molecule has 0 bridgehead atoms. The highest BCUT2D eigenvalue weighted by Gasteiger charge is 2.42. The number of rotatable bonds is 3. The molecule has 4 rings (SSSR count). The van der Waals surface area contributed by atoms with Crippen molar-refractivity contribution in [1.29, 1.82) is 0 Å². The number of anilines is 1. The molecule has 0 spiro atoms. The number of halogens is 1. The number of carbonyl (C=O) groups is 1. The predicted octanol–water partition coefficient (Wildman–Crippen LogP) is 4.85. The first-order valence-electron chi connectivity index (χ1n) is 9.35. The van der Waals surface area contributed by atoms with Gasteiger partial charge in [0.2, 0.25) is 0 Å². The van der Waals surface area contributed by atoms with Gasteiger partial charge in [-0.2, -0.15) is 0 Å². The van der Waals surface area contributed by atoms with Gasteiger partial charge in [-0.15, -0.1) is 0 Å². The first-order chi connectivity index (χ1) is 13.3. The smallest absolute Gasteiger partial charge is 0.257 e. The number of hydrogen-bond acceptors (Lipinski definition) is 5. The summed E-state index contributed by atoms with van der Waals surface area (Å²) in [5.41, 5.74) is 2.72. The Bertz CT molecular complexity index is 1060. The van der Waals surface area contributed by atoms with Crippen LogP contribution >= 0.6 is 27.7 Å². The van der Waals surface area contributed by atoms with Crippen molar-refractivity contribution < 1.29 is 4.79 Å². The Hall–Kier alpha value is -1.86. The van der Waals surface area contributed by atoms with Gasteiger partial charge < -0.3 is 10.3 Å². The molecule has 1 atom stereocenters. The van der Waals surface area contributed by atoms with Gasteiger partial charge in [0, 0.05) is 28.1 Å². The topological polar surface area (TPSA) is 74.8 Å². The molecule has 0 saturated carbocycles. The molecule has 2 heterocycles. The summed E-state index contributed by atoms with van der Waals surface area (Å²) in [6.07, 6.45) is 1.23. The van der Waals surface area contributed by atoms with Crippen LogP contribution in [-0.4, -0.2) is 21.5 Å². The summed E-state index contributed by atoms with van der Waals surface area (Å²) in [6.45, 7) is 6.22. The molecule has 0 unspecified atom stereocenters. The maximum atomic E-state index is 13.2. The van der Waals surface area contributed by atoms with Crippen molar-refractivity contribution >= 4 is 39.3 Å². The van der Waals surface area contributed by atoms with Gasteiger partial charge >= 0.3 is 0 Å². The Morgan fingerprint density at radius 1 is 1.29 bits per heavy atom. The molecular formula is C21H22BrN3O2S. The van der Waals surface area contributed by atoms with Crippen LogP contribution in [0.4, 0.5) is 5.82 Å². The van der Waals surface area contributed by atoms with E-state index in [1.165, 1.54) is 11.8 Å². The van der Waals surface area contributed by atoms with E-state index in [1.54, 1.807) is 0 Å². The number of aromatic nitrogens is 2. The van der Waals surface area contributed by atoms with Crippen molar-refractivity contribution in [3.05, 3.63) is 61.5 Å². The summed E-state index contributed by atoms with van der Waals surface area (Å²) < 4.78 is 0.915. The van der Waals surface area contributed by atoms with Crippen LogP contribution in [0.25, 0.3) is 0 Å². The van der Waals surface area contributed by atoms with Gasteiger partial charge in [-0.3, -0.25) is 9.59 Å². The minimum atomic E-state index is -0.413. The lowest BCUT2D eigenvalue weighted by Gasteiger charge is -2.38. The average molecular weight is 460 g/mol. The molecule has 5 nitrogen and oxygen atoms in total. The van der Waals surface area contributed by atoms with E-state index in [1.807, 2.05) is 31.2 Å². The fourth-order valence-electron chi connectivity index (χ4n) is 4.12. The van der Waals surface area contributed by atoms with Crippen molar-refractivity contribution in [3.63, 3.8) is 0 Å². The zero-order chi connectivity index (χ0) is 20.1. The SMILES string of the molecule is CCSc1nc2c(c(=O)[nH]1)[C@H](c1cccc(Br)c1)C1=C(CC(C)(C)CC1=O)N2. The molecule has 0 radical (unpaired) electrons. The largest absolute Gasteiger partial charge is 0.343 e. The van der Waals surface area contributed by atoms with Gasteiger partial charge in [0.1, 0.15) is 5.82 Å². The van der Waals surface area contributed by atoms with Crippen LogP contribution in [0.15, 0.2) is 50.0 Å². The second-order valence-corrected chi connectivity index (χ2v) is 10.2. The van der Waals surface area contributed by atoms with Crippen LogP contribution in [0.1, 0.15) is 50.7 Å². The van der Waals surface area contributed by atoms with Gasteiger partial charge in [-0.1, -0.05) is 60.6 Å². The van der Waals surface area contributed by atoms with E-state index >= 15 is 0 Å². The second kappa shape index (κ2) is 7.19. The molecule has 0 saturated heterocycles. The summed E-state index contributed by atoms with van der Waals surface area (Å²) in [7, 11) is 0. The van der Waals surface area contributed by atoms with E-state index in [9.17, 15) is 9.59 Å². The van der Waals surface area contributed by atoms with Gasteiger partial charge in [0.05, 0.1) is 5.56 Å². The number of allylic oxidation sites excluding steroid dienone is 2. The third-order valence-electron chi connectivity index (χ3n) is 5.16. The lowest BCUT2D eigenvalue weighted by Crippen LogP contribution is -2.37. The second-order valence-electron chi connectivity index (χ2n) is 8.01. The highest BCUT2D eigenvalue weighted by molar-refractivity contribution is 9.10. The number of Topliss-reactive ketones (excluding diaryl/α,β-unsaturated/α-hetero) is 1. The third kappa shape index (κ3) is 3.46. The Labute approximate surface area is 176 Å². The number of nitrogens with zero attached hydrogens (tertiary/aromatic N) is 1. The number of hydrogen-bond donors (Lipinski definition) is 2. The van der Waals surface area contributed by atoms with E-state index in [4.69, 9.17) is 0 Å². The van der Waals surface area contributed by atoms with Crippen molar-refractivity contribution in [3.8, 4) is 0 Å². The summed E-state index contributed by atoms with van der Waals surface area (Å²) >= 11 is 5.01. The van der Waals surface area contributed by atoms with Crippen molar-refractivity contribution in [1.82, 2.24) is 9.97 Å². The van der Waals surface area contributed by atoms with Crippen LogP contribution < -0.4 is 10.9 Å². The van der Waals surface area contributed by atoms with E-state index in [0.717, 1.165) is 27.9 Å². The minimum absolute atomic E-state index is 0.0979. The van der Waals surface area contributed by atoms with Crippen molar-refractivity contribution in [2.45, 2.75) is 44.7 Å². The normalized spacial score (nSPS) is 20.4. The fourth-order valence-corrected chi connectivity index (χ4v) is 5.13. The maximum Gasteiger partial charge on any atom is 0.257 e. The fraction of sp³-hybridized carbons (Fsp3) is 0.381. The monoisotopic (exact) mass is 459 g/mol. The molecule has 146 valence electrons. The number of carbonyl (C=O) groups excluding carboxylic acids is 1. The number of ketones is 1. The molecule has 2 aromatic rings. The molecule has 1 aromatic carbocycles. The quantitative estimate of drug-likeness (QED) is 0.506. The number of thioether (sulfide) groups is 1. The number of nitrogens with one attached hydrogen (secondary N) is 2. The maximum absolute atomic E-state index is 13.2. The van der Waals surface area contributed by atoms with Crippen LogP contribution in [-0.2, 0) is 4.79 Å². The first-order valence-corrected chi connectivity index (χ1v) is 11.1. The van der Waals surface area contributed by atoms with Crippen LogP contribution in [0.2, 0.25) is 0 Å². The number of fused-ring (bicyclic) bond motifs is 1. The minimum Gasteiger partial charge on any atom is -0.343 e.